The highest BCUT2D eigenvalue weighted by Gasteiger charge is 2.66. The number of hydrogen-bond donors (Lipinski definition) is 2. The molecule has 3 unspecified atom stereocenters. The molecule has 5 heteroatoms. The summed E-state index contributed by atoms with van der Waals surface area (Å²) in [6.45, 7) is 4.41. The second kappa shape index (κ2) is 6.81. The molecule has 0 spiro atoms. The second-order valence-corrected chi connectivity index (χ2v) is 11.3. The molecule has 6 rings (SSSR count). The van der Waals surface area contributed by atoms with Crippen LogP contribution < -0.4 is 0 Å². The molecule has 172 valence electrons. The second-order valence-electron chi connectivity index (χ2n) is 11.3. The van der Waals surface area contributed by atoms with E-state index in [4.69, 9.17) is 6.42 Å². The Balaban J connectivity index is 1.39. The summed E-state index contributed by atoms with van der Waals surface area (Å²) < 4.78 is 15.3. The van der Waals surface area contributed by atoms with E-state index >= 15 is 0 Å². The Hall–Kier alpha value is -2.42. The molecule has 4 nitrogen and oxygen atoms in total. The number of fused-ring (bicyclic) bond motifs is 6. The molecule has 0 radical (unpaired) electrons. The van der Waals surface area contributed by atoms with Gasteiger partial charge in [0.15, 0.2) is 0 Å². The van der Waals surface area contributed by atoms with Crippen LogP contribution in [-0.2, 0) is 6.42 Å². The summed E-state index contributed by atoms with van der Waals surface area (Å²) in [6, 6.07) is 6.43. The smallest absolute Gasteiger partial charge is 0.130 e. The molecule has 2 aromatic rings. The first-order chi connectivity index (χ1) is 15.7. The molecular weight excluding hydrogens is 415 g/mol. The van der Waals surface area contributed by atoms with Gasteiger partial charge in [-0.05, 0) is 97.6 Å². The van der Waals surface area contributed by atoms with Crippen LogP contribution >= 0.6 is 0 Å². The number of rotatable bonds is 1. The first-order valence-corrected chi connectivity index (χ1v) is 12.1. The van der Waals surface area contributed by atoms with Crippen molar-refractivity contribution in [1.29, 1.82) is 0 Å². The third kappa shape index (κ3) is 2.68. The van der Waals surface area contributed by atoms with Crippen molar-refractivity contribution in [2.45, 2.75) is 64.1 Å². The van der Waals surface area contributed by atoms with Gasteiger partial charge in [-0.25, -0.2) is 9.07 Å². The van der Waals surface area contributed by atoms with Gasteiger partial charge in [-0.2, -0.15) is 5.10 Å². The van der Waals surface area contributed by atoms with E-state index in [-0.39, 0.29) is 17.2 Å². The quantitative estimate of drug-likeness (QED) is 0.633. The minimum atomic E-state index is -1.13. The van der Waals surface area contributed by atoms with Crippen molar-refractivity contribution < 1.29 is 14.6 Å². The average molecular weight is 447 g/mol. The van der Waals surface area contributed by atoms with Crippen molar-refractivity contribution >= 4 is 6.08 Å². The molecule has 0 bridgehead atoms. The van der Waals surface area contributed by atoms with E-state index in [1.807, 2.05) is 10.9 Å². The van der Waals surface area contributed by atoms with E-state index < -0.39 is 17.1 Å². The van der Waals surface area contributed by atoms with Crippen LogP contribution in [0.25, 0.3) is 11.8 Å². The molecule has 1 aromatic carbocycles. The number of aromatic nitrogens is 2. The Morgan fingerprint density at radius 3 is 2.70 bits per heavy atom. The molecule has 0 amide bonds. The largest absolute Gasteiger partial charge is 0.393 e. The predicted molar refractivity (Wildman–Crippen MR) is 125 cm³/mol. The Bertz CT molecular complexity index is 1190. The number of nitrogens with zero attached hydrogens (tertiary/aromatic N) is 2. The van der Waals surface area contributed by atoms with Gasteiger partial charge in [-0.3, -0.25) is 0 Å². The van der Waals surface area contributed by atoms with Crippen LogP contribution in [0.15, 0.2) is 36.0 Å². The molecule has 33 heavy (non-hydrogen) atoms. The van der Waals surface area contributed by atoms with Crippen LogP contribution in [0.2, 0.25) is 0 Å². The van der Waals surface area contributed by atoms with Crippen molar-refractivity contribution in [2.75, 3.05) is 0 Å². The number of halogens is 1. The molecule has 4 aliphatic rings. The summed E-state index contributed by atoms with van der Waals surface area (Å²) in [5.74, 6) is 3.25. The topological polar surface area (TPSA) is 58.3 Å². The normalized spacial score (nSPS) is 41.3. The maximum Gasteiger partial charge on any atom is 0.130 e. The summed E-state index contributed by atoms with van der Waals surface area (Å²) in [4.78, 5) is 0. The average Bonchev–Trinajstić information content (AvgIpc) is 3.30. The lowest BCUT2D eigenvalue weighted by atomic mass is 9.45. The van der Waals surface area contributed by atoms with E-state index in [9.17, 15) is 14.6 Å². The molecule has 1 heterocycles. The Morgan fingerprint density at radius 1 is 1.21 bits per heavy atom. The van der Waals surface area contributed by atoms with Crippen LogP contribution in [-0.4, -0.2) is 31.7 Å². The fraction of sp³-hybridized carbons (Fsp3) is 0.536. The van der Waals surface area contributed by atoms with Gasteiger partial charge in [0.2, 0.25) is 0 Å². The van der Waals surface area contributed by atoms with E-state index in [2.05, 4.69) is 30.9 Å². The fourth-order valence-electron chi connectivity index (χ4n) is 8.21. The minimum Gasteiger partial charge on any atom is -0.393 e. The maximum absolute atomic E-state index is 13.4. The Morgan fingerprint density at radius 2 is 1.97 bits per heavy atom. The van der Waals surface area contributed by atoms with Gasteiger partial charge >= 0.3 is 0 Å². The summed E-state index contributed by atoms with van der Waals surface area (Å²) >= 11 is 0. The maximum atomic E-state index is 13.4. The summed E-state index contributed by atoms with van der Waals surface area (Å²) in [7, 11) is 0. The number of benzene rings is 1. The van der Waals surface area contributed by atoms with Gasteiger partial charge in [-0.15, -0.1) is 6.42 Å². The van der Waals surface area contributed by atoms with E-state index in [0.29, 0.717) is 24.7 Å². The van der Waals surface area contributed by atoms with Crippen molar-refractivity contribution in [3.05, 3.63) is 53.1 Å². The third-order valence-corrected chi connectivity index (χ3v) is 9.89. The molecule has 0 aliphatic heterocycles. The van der Waals surface area contributed by atoms with Crippen LogP contribution in [0.1, 0.15) is 57.2 Å². The zero-order valence-corrected chi connectivity index (χ0v) is 19.3. The lowest BCUT2D eigenvalue weighted by molar-refractivity contribution is -0.152. The highest BCUT2D eigenvalue weighted by Crippen LogP contribution is 2.67. The first kappa shape index (κ1) is 21.1. The van der Waals surface area contributed by atoms with Crippen molar-refractivity contribution in [1.82, 2.24) is 9.78 Å². The van der Waals surface area contributed by atoms with Crippen LogP contribution in [0, 0.1) is 46.7 Å². The number of aliphatic hydroxyl groups excluding tert-OH is 1. The molecule has 2 N–H and O–H groups in total. The molecule has 3 fully saturated rings. The minimum absolute atomic E-state index is 0.137. The summed E-state index contributed by atoms with van der Waals surface area (Å²) in [6.07, 6.45) is 14.4. The van der Waals surface area contributed by atoms with Gasteiger partial charge in [0, 0.05) is 5.41 Å². The number of aliphatic hydroxyl groups is 2. The SMILES string of the molecule is C#C[C@]1(O)CCC2C3CCC4=Cc5c(cnn5-c5ccc(F)cc5)C[C@]4(C)C3[C@@H](O)C[C@@]21C. The molecule has 7 atom stereocenters. The lowest BCUT2D eigenvalue weighted by Gasteiger charge is -2.60. The third-order valence-electron chi connectivity index (χ3n) is 9.89. The molecule has 1 aromatic heterocycles. The van der Waals surface area contributed by atoms with E-state index in [1.54, 1.807) is 12.1 Å². The molecule has 4 aliphatic carbocycles. The first-order valence-electron chi connectivity index (χ1n) is 12.1. The Labute approximate surface area is 194 Å². The van der Waals surface area contributed by atoms with Crippen LogP contribution in [0.5, 0.6) is 0 Å². The Kier molecular flexibility index (Phi) is 4.36. The van der Waals surface area contributed by atoms with Crippen LogP contribution in [0.4, 0.5) is 4.39 Å². The molecule has 3 saturated carbocycles. The van der Waals surface area contributed by atoms with Crippen molar-refractivity contribution in [2.24, 2.45) is 28.6 Å². The van der Waals surface area contributed by atoms with Crippen LogP contribution in [0.3, 0.4) is 0 Å². The highest BCUT2D eigenvalue weighted by atomic mass is 19.1. The van der Waals surface area contributed by atoms with Gasteiger partial charge in [0.1, 0.15) is 11.4 Å². The summed E-state index contributed by atoms with van der Waals surface area (Å²) in [5, 5.41) is 27.4. The number of terminal acetylenes is 1. The summed E-state index contributed by atoms with van der Waals surface area (Å²) in [5.41, 5.74) is 2.73. The zero-order valence-electron chi connectivity index (χ0n) is 19.3. The van der Waals surface area contributed by atoms with Gasteiger partial charge in [0.05, 0.1) is 23.7 Å². The number of allylic oxidation sites excluding steroid dienone is 1. The highest BCUT2D eigenvalue weighted by molar-refractivity contribution is 5.61. The van der Waals surface area contributed by atoms with Crippen molar-refractivity contribution in [3.63, 3.8) is 0 Å². The van der Waals surface area contributed by atoms with E-state index in [0.717, 1.165) is 37.1 Å². The van der Waals surface area contributed by atoms with Gasteiger partial charge in [0.25, 0.3) is 0 Å². The molecular formula is C28H31FN2O2. The fourth-order valence-corrected chi connectivity index (χ4v) is 8.21. The zero-order chi connectivity index (χ0) is 23.2. The monoisotopic (exact) mass is 446 g/mol. The predicted octanol–water partition coefficient (Wildman–Crippen LogP) is 4.53. The van der Waals surface area contributed by atoms with Crippen molar-refractivity contribution in [3.8, 4) is 18.0 Å². The van der Waals surface area contributed by atoms with Gasteiger partial charge in [-0.1, -0.05) is 25.3 Å². The lowest BCUT2D eigenvalue weighted by Crippen LogP contribution is -2.59. The standard InChI is InChI=1S/C28H31FN2O2/c1-4-28(33)12-11-22-21-10-5-18-13-23-17(16-30-31(23)20-8-6-19(29)7-9-20)14-26(18,2)25(21)24(32)15-27(22,28)3/h1,6-9,13,16,21-22,24-25,32-33H,5,10-12,14-15H2,2-3H3/t21?,22?,24-,25?,26-,27-,28-/m0/s1. The molecule has 0 saturated heterocycles. The van der Waals surface area contributed by atoms with Gasteiger partial charge < -0.3 is 10.2 Å². The van der Waals surface area contributed by atoms with E-state index in [1.165, 1.54) is 23.3 Å². The number of hydrogen-bond acceptors (Lipinski definition) is 3.